The highest BCUT2D eigenvalue weighted by Gasteiger charge is 2.21. The molecule has 0 atom stereocenters. The van der Waals surface area contributed by atoms with Gasteiger partial charge in [0.25, 0.3) is 0 Å². The lowest BCUT2D eigenvalue weighted by atomic mass is 10.2. The molecule has 0 fully saturated rings. The minimum Gasteiger partial charge on any atom is -0.495 e. The Morgan fingerprint density at radius 2 is 1.95 bits per heavy atom. The fourth-order valence-corrected chi connectivity index (χ4v) is 3.04. The van der Waals surface area contributed by atoms with Gasteiger partial charge in [-0.05, 0) is 12.1 Å². The number of para-hydroxylation sites is 2. The number of aromatic nitrogens is 2. The van der Waals surface area contributed by atoms with E-state index in [4.69, 9.17) is 9.47 Å². The molecular weight excluding hydrogens is 302 g/mol. The summed E-state index contributed by atoms with van der Waals surface area (Å²) in [5.41, 5.74) is 1.93. The molecule has 22 heavy (non-hydrogen) atoms. The Bertz CT molecular complexity index is 832. The molecule has 0 saturated carbocycles. The van der Waals surface area contributed by atoms with Crippen LogP contribution in [0.25, 0.3) is 10.3 Å². The van der Waals surface area contributed by atoms with Crippen molar-refractivity contribution < 1.29 is 14.3 Å². The predicted molar refractivity (Wildman–Crippen MR) is 85.0 cm³/mol. The van der Waals surface area contributed by atoms with Gasteiger partial charge >= 0.3 is 5.97 Å². The zero-order valence-corrected chi connectivity index (χ0v) is 12.8. The van der Waals surface area contributed by atoms with E-state index in [9.17, 15) is 4.79 Å². The standard InChI is InChI=1S/C15H13N3O3S/c1-20-10-6-4-3-5-9(10)18-11-12-14(17-8-7-16-12)22-13(11)15(19)21-2/h3-8,18H,1-2H3. The monoisotopic (exact) mass is 315 g/mol. The van der Waals surface area contributed by atoms with Crippen molar-refractivity contribution in [2.24, 2.45) is 0 Å². The van der Waals surface area contributed by atoms with Crippen molar-refractivity contribution in [1.29, 1.82) is 0 Å². The van der Waals surface area contributed by atoms with E-state index < -0.39 is 5.97 Å². The summed E-state index contributed by atoms with van der Waals surface area (Å²) < 4.78 is 10.2. The van der Waals surface area contributed by atoms with E-state index in [0.717, 1.165) is 5.69 Å². The lowest BCUT2D eigenvalue weighted by Crippen LogP contribution is -2.03. The van der Waals surface area contributed by atoms with Crippen LogP contribution in [0.2, 0.25) is 0 Å². The van der Waals surface area contributed by atoms with E-state index in [1.165, 1.54) is 18.4 Å². The molecule has 0 aliphatic carbocycles. The maximum absolute atomic E-state index is 12.0. The second-order valence-corrected chi connectivity index (χ2v) is 5.33. The highest BCUT2D eigenvalue weighted by Crippen LogP contribution is 2.37. The highest BCUT2D eigenvalue weighted by atomic mass is 32.1. The number of hydrogen-bond donors (Lipinski definition) is 1. The van der Waals surface area contributed by atoms with Gasteiger partial charge in [0.1, 0.15) is 21.0 Å². The quantitative estimate of drug-likeness (QED) is 0.745. The number of nitrogens with one attached hydrogen (secondary N) is 1. The van der Waals surface area contributed by atoms with Crippen molar-refractivity contribution in [3.05, 3.63) is 41.5 Å². The predicted octanol–water partition coefficient (Wildman–Crippen LogP) is 3.23. The molecule has 0 amide bonds. The van der Waals surface area contributed by atoms with Crippen LogP contribution in [-0.2, 0) is 4.74 Å². The summed E-state index contributed by atoms with van der Waals surface area (Å²) in [6.45, 7) is 0. The lowest BCUT2D eigenvalue weighted by Gasteiger charge is -2.11. The Labute approximate surface area is 130 Å². The first kappa shape index (κ1) is 14.3. The third-order valence-electron chi connectivity index (χ3n) is 3.06. The number of carbonyl (C=O) groups is 1. The summed E-state index contributed by atoms with van der Waals surface area (Å²) in [6, 6.07) is 7.44. The third kappa shape index (κ3) is 2.46. The number of fused-ring (bicyclic) bond motifs is 1. The van der Waals surface area contributed by atoms with Gasteiger partial charge < -0.3 is 14.8 Å². The Hall–Kier alpha value is -2.67. The largest absolute Gasteiger partial charge is 0.495 e. The number of nitrogens with zero attached hydrogens (tertiary/aromatic N) is 2. The van der Waals surface area contributed by atoms with Gasteiger partial charge in [-0.25, -0.2) is 14.8 Å². The number of carbonyl (C=O) groups excluding carboxylic acids is 1. The molecule has 7 heteroatoms. The number of benzene rings is 1. The molecule has 0 spiro atoms. The number of thiophene rings is 1. The van der Waals surface area contributed by atoms with E-state index in [1.54, 1.807) is 19.5 Å². The van der Waals surface area contributed by atoms with E-state index in [2.05, 4.69) is 15.3 Å². The highest BCUT2D eigenvalue weighted by molar-refractivity contribution is 7.21. The van der Waals surface area contributed by atoms with Gasteiger partial charge in [-0.15, -0.1) is 11.3 Å². The number of methoxy groups -OCH3 is 2. The van der Waals surface area contributed by atoms with Crippen LogP contribution < -0.4 is 10.1 Å². The molecule has 0 saturated heterocycles. The first-order chi connectivity index (χ1) is 10.7. The Kier molecular flexibility index (Phi) is 3.88. The molecule has 3 rings (SSSR count). The third-order valence-corrected chi connectivity index (χ3v) is 4.13. The van der Waals surface area contributed by atoms with Gasteiger partial charge in [0.15, 0.2) is 0 Å². The van der Waals surface area contributed by atoms with Crippen LogP contribution in [0.5, 0.6) is 5.75 Å². The topological polar surface area (TPSA) is 73.3 Å². The summed E-state index contributed by atoms with van der Waals surface area (Å²) in [5, 5.41) is 3.21. The van der Waals surface area contributed by atoms with Crippen LogP contribution >= 0.6 is 11.3 Å². The van der Waals surface area contributed by atoms with Crippen molar-refractivity contribution in [2.75, 3.05) is 19.5 Å². The second kappa shape index (κ2) is 5.98. The molecule has 0 bridgehead atoms. The van der Waals surface area contributed by atoms with Crippen LogP contribution in [0.15, 0.2) is 36.7 Å². The number of esters is 1. The van der Waals surface area contributed by atoms with E-state index in [-0.39, 0.29) is 0 Å². The molecule has 0 unspecified atom stereocenters. The van der Waals surface area contributed by atoms with Crippen LogP contribution in [0.1, 0.15) is 9.67 Å². The van der Waals surface area contributed by atoms with Gasteiger partial charge in [0, 0.05) is 12.4 Å². The van der Waals surface area contributed by atoms with Gasteiger partial charge in [-0.3, -0.25) is 0 Å². The minimum atomic E-state index is -0.429. The molecule has 0 aliphatic heterocycles. The molecule has 2 aromatic heterocycles. The van der Waals surface area contributed by atoms with E-state index >= 15 is 0 Å². The maximum Gasteiger partial charge on any atom is 0.350 e. The van der Waals surface area contributed by atoms with Gasteiger partial charge in [-0.2, -0.15) is 0 Å². The fraction of sp³-hybridized carbons (Fsp3) is 0.133. The van der Waals surface area contributed by atoms with E-state index in [1.807, 2.05) is 24.3 Å². The number of rotatable bonds is 4. The molecular formula is C15H13N3O3S. The van der Waals surface area contributed by atoms with Crippen LogP contribution in [0, 0.1) is 0 Å². The van der Waals surface area contributed by atoms with Gasteiger partial charge in [-0.1, -0.05) is 12.1 Å². The maximum atomic E-state index is 12.0. The normalized spacial score (nSPS) is 10.5. The lowest BCUT2D eigenvalue weighted by molar-refractivity contribution is 0.0607. The average Bonchev–Trinajstić information content (AvgIpc) is 2.93. The Morgan fingerprint density at radius 3 is 2.73 bits per heavy atom. The van der Waals surface area contributed by atoms with Crippen molar-refractivity contribution in [1.82, 2.24) is 9.97 Å². The first-order valence-electron chi connectivity index (χ1n) is 6.46. The molecule has 112 valence electrons. The second-order valence-electron chi connectivity index (χ2n) is 4.33. The molecule has 1 N–H and O–H groups in total. The van der Waals surface area contributed by atoms with Crippen molar-refractivity contribution in [3.63, 3.8) is 0 Å². The number of hydrogen-bond acceptors (Lipinski definition) is 7. The Morgan fingerprint density at radius 1 is 1.18 bits per heavy atom. The summed E-state index contributed by atoms with van der Waals surface area (Å²) in [7, 11) is 2.94. The van der Waals surface area contributed by atoms with Crippen LogP contribution in [0.3, 0.4) is 0 Å². The summed E-state index contributed by atoms with van der Waals surface area (Å²) in [4.78, 5) is 21.6. The van der Waals surface area contributed by atoms with Crippen molar-refractivity contribution >= 4 is 39.0 Å². The summed E-state index contributed by atoms with van der Waals surface area (Å²) >= 11 is 1.24. The van der Waals surface area contributed by atoms with Gasteiger partial charge in [0.05, 0.1) is 25.6 Å². The molecule has 0 radical (unpaired) electrons. The number of anilines is 2. The fourth-order valence-electron chi connectivity index (χ4n) is 2.06. The summed E-state index contributed by atoms with van der Waals surface area (Å²) in [6.07, 6.45) is 3.18. The van der Waals surface area contributed by atoms with Crippen LogP contribution in [0.4, 0.5) is 11.4 Å². The van der Waals surface area contributed by atoms with Crippen LogP contribution in [-0.4, -0.2) is 30.2 Å². The molecule has 2 heterocycles. The molecule has 6 nitrogen and oxygen atoms in total. The van der Waals surface area contributed by atoms with Crippen molar-refractivity contribution in [3.8, 4) is 5.75 Å². The first-order valence-corrected chi connectivity index (χ1v) is 7.28. The smallest absolute Gasteiger partial charge is 0.350 e. The Balaban J connectivity index is 2.14. The SMILES string of the molecule is COC(=O)c1sc2nccnc2c1Nc1ccccc1OC. The average molecular weight is 315 g/mol. The minimum absolute atomic E-state index is 0.426. The molecule has 3 aromatic rings. The van der Waals surface area contributed by atoms with E-state index in [0.29, 0.717) is 26.7 Å². The molecule has 0 aliphatic rings. The zero-order valence-electron chi connectivity index (χ0n) is 12.0. The van der Waals surface area contributed by atoms with Crippen molar-refractivity contribution in [2.45, 2.75) is 0 Å². The zero-order chi connectivity index (χ0) is 15.5. The number of ether oxygens (including phenoxy) is 2. The molecule has 1 aromatic carbocycles. The summed E-state index contributed by atoms with van der Waals surface area (Å²) in [5.74, 6) is 0.240. The van der Waals surface area contributed by atoms with Gasteiger partial charge in [0.2, 0.25) is 0 Å².